The van der Waals surface area contributed by atoms with Crippen LogP contribution in [-0.2, 0) is 15.0 Å². The first-order valence-corrected chi connectivity index (χ1v) is 10.2. The second kappa shape index (κ2) is 7.56. The normalized spacial score (nSPS) is 11.8. The van der Waals surface area contributed by atoms with Gasteiger partial charge in [0.2, 0.25) is 5.13 Å². The number of rotatable bonds is 5. The number of benzene rings is 1. The van der Waals surface area contributed by atoms with Crippen molar-refractivity contribution in [1.82, 2.24) is 19.2 Å². The van der Waals surface area contributed by atoms with Crippen molar-refractivity contribution in [3.05, 3.63) is 48.5 Å². The van der Waals surface area contributed by atoms with Crippen molar-refractivity contribution < 1.29 is 22.1 Å². The fourth-order valence-electron chi connectivity index (χ4n) is 2.06. The zero-order valence-electron chi connectivity index (χ0n) is 15.2. The smallest absolute Gasteiger partial charge is 0.421 e. The number of carbonyl (C=O) groups excluding carboxylic acids is 1. The summed E-state index contributed by atoms with van der Waals surface area (Å²) in [5.74, 6) is 0.0684. The van der Waals surface area contributed by atoms with E-state index >= 15 is 0 Å². The lowest BCUT2D eigenvalue weighted by atomic mass is 10.2. The summed E-state index contributed by atoms with van der Waals surface area (Å²) in [6, 6.07) is 5.87. The predicted molar refractivity (Wildman–Crippen MR) is 102 cm³/mol. The molecule has 3 rings (SSSR count). The van der Waals surface area contributed by atoms with Gasteiger partial charge >= 0.3 is 16.4 Å². The summed E-state index contributed by atoms with van der Waals surface area (Å²) in [7, 11) is -4.06. The molecule has 0 spiro atoms. The van der Waals surface area contributed by atoms with Gasteiger partial charge in [0.25, 0.3) is 0 Å². The molecule has 2 aromatic heterocycles. The van der Waals surface area contributed by atoms with Crippen LogP contribution in [0.5, 0.6) is 5.75 Å². The fraction of sp³-hybridized carbons (Fsp3) is 0.250. The number of ether oxygens (including phenoxy) is 1. The van der Waals surface area contributed by atoms with Crippen molar-refractivity contribution in [1.29, 1.82) is 0 Å². The minimum atomic E-state index is -4.06. The van der Waals surface area contributed by atoms with Gasteiger partial charge in [0.15, 0.2) is 0 Å². The Bertz CT molecular complexity index is 1030. The molecule has 3 aromatic rings. The number of aromatic nitrogens is 4. The molecule has 148 valence electrons. The van der Waals surface area contributed by atoms with Crippen LogP contribution in [0.1, 0.15) is 20.8 Å². The van der Waals surface area contributed by atoms with Crippen molar-refractivity contribution in [2.24, 2.45) is 0 Å². The standard InChI is InChI=1S/C16H17N5O5S2/c1-16(2,3)25-15(22)21(14-19-18-11-27-14)12-4-6-13(7-5-12)26-28(23,24)20-9-8-17-10-20/h4-11H,1-3H3. The van der Waals surface area contributed by atoms with Crippen LogP contribution in [0, 0.1) is 0 Å². The lowest BCUT2D eigenvalue weighted by Gasteiger charge is -2.25. The third kappa shape index (κ3) is 4.64. The largest absolute Gasteiger partial charge is 0.443 e. The molecule has 0 unspecified atom stereocenters. The molecule has 0 aliphatic heterocycles. The van der Waals surface area contributed by atoms with Crippen molar-refractivity contribution in [3.63, 3.8) is 0 Å². The predicted octanol–water partition coefficient (Wildman–Crippen LogP) is 2.98. The van der Waals surface area contributed by atoms with Gasteiger partial charge in [-0.1, -0.05) is 11.3 Å². The molecule has 0 radical (unpaired) electrons. The van der Waals surface area contributed by atoms with Crippen molar-refractivity contribution in [2.45, 2.75) is 26.4 Å². The van der Waals surface area contributed by atoms with Crippen molar-refractivity contribution in [3.8, 4) is 5.75 Å². The van der Waals surface area contributed by atoms with Crippen LogP contribution in [0.4, 0.5) is 15.6 Å². The zero-order valence-corrected chi connectivity index (χ0v) is 16.8. The number of amides is 1. The van der Waals surface area contributed by atoms with Crippen LogP contribution in [0.15, 0.2) is 48.5 Å². The first-order chi connectivity index (χ1) is 13.2. The molecule has 10 nitrogen and oxygen atoms in total. The molecular weight excluding hydrogens is 406 g/mol. The Labute approximate surface area is 165 Å². The zero-order chi connectivity index (χ0) is 20.4. The van der Waals surface area contributed by atoms with E-state index in [1.165, 1.54) is 47.1 Å². The Morgan fingerprint density at radius 2 is 1.93 bits per heavy atom. The Morgan fingerprint density at radius 3 is 2.46 bits per heavy atom. The molecule has 0 aliphatic carbocycles. The summed E-state index contributed by atoms with van der Waals surface area (Å²) in [6.07, 6.45) is 3.06. The quantitative estimate of drug-likeness (QED) is 0.615. The third-order valence-electron chi connectivity index (χ3n) is 3.15. The van der Waals surface area contributed by atoms with Crippen molar-refractivity contribution in [2.75, 3.05) is 4.90 Å². The number of imidazole rings is 1. The van der Waals surface area contributed by atoms with Crippen LogP contribution in [0.3, 0.4) is 0 Å². The molecule has 12 heteroatoms. The topological polar surface area (TPSA) is 117 Å². The number of anilines is 2. The summed E-state index contributed by atoms with van der Waals surface area (Å²) in [6.45, 7) is 5.25. The molecule has 0 bridgehead atoms. The van der Waals surface area contributed by atoms with Crippen LogP contribution in [-0.4, -0.2) is 39.3 Å². The lowest BCUT2D eigenvalue weighted by molar-refractivity contribution is 0.0599. The highest BCUT2D eigenvalue weighted by atomic mass is 32.2. The Morgan fingerprint density at radius 1 is 1.21 bits per heavy atom. The van der Waals surface area contributed by atoms with Crippen LogP contribution in [0.25, 0.3) is 0 Å². The van der Waals surface area contributed by atoms with E-state index in [4.69, 9.17) is 8.92 Å². The summed E-state index contributed by atoms with van der Waals surface area (Å²) >= 11 is 1.16. The molecule has 0 atom stereocenters. The maximum Gasteiger partial charge on any atom is 0.421 e. The minimum absolute atomic E-state index is 0.0684. The molecular formula is C16H17N5O5S2. The first-order valence-electron chi connectivity index (χ1n) is 7.98. The molecule has 0 saturated carbocycles. The summed E-state index contributed by atoms with van der Waals surface area (Å²) in [5.41, 5.74) is 1.20. The highest BCUT2D eigenvalue weighted by Gasteiger charge is 2.27. The van der Waals surface area contributed by atoms with Gasteiger partial charge in [-0.3, -0.25) is 0 Å². The van der Waals surface area contributed by atoms with E-state index in [1.54, 1.807) is 20.8 Å². The second-order valence-electron chi connectivity index (χ2n) is 6.46. The minimum Gasteiger partial charge on any atom is -0.443 e. The van der Waals surface area contributed by atoms with E-state index in [0.29, 0.717) is 10.8 Å². The Balaban J connectivity index is 1.85. The van der Waals surface area contributed by atoms with Crippen LogP contribution >= 0.6 is 11.3 Å². The van der Waals surface area contributed by atoms with Gasteiger partial charge in [0, 0.05) is 12.4 Å². The summed E-state index contributed by atoms with van der Waals surface area (Å²) < 4.78 is 35.6. The molecule has 0 N–H and O–H groups in total. The number of carbonyl (C=O) groups is 1. The summed E-state index contributed by atoms with van der Waals surface area (Å²) in [4.78, 5) is 17.6. The molecule has 1 aromatic carbocycles. The molecule has 0 aliphatic rings. The fourth-order valence-corrected chi connectivity index (χ4v) is 3.44. The first kappa shape index (κ1) is 19.8. The average molecular weight is 423 g/mol. The molecule has 0 fully saturated rings. The molecule has 28 heavy (non-hydrogen) atoms. The van der Waals surface area contributed by atoms with Gasteiger partial charge in [-0.25, -0.2) is 18.7 Å². The van der Waals surface area contributed by atoms with Gasteiger partial charge < -0.3 is 8.92 Å². The summed E-state index contributed by atoms with van der Waals surface area (Å²) in [5, 5.41) is 7.98. The van der Waals surface area contributed by atoms with E-state index < -0.39 is 22.0 Å². The SMILES string of the molecule is CC(C)(C)OC(=O)N(c1ccc(OS(=O)(=O)n2ccnc2)cc1)c1nncs1. The van der Waals surface area contributed by atoms with Crippen LogP contribution in [0.2, 0.25) is 0 Å². The number of hydrogen-bond donors (Lipinski definition) is 0. The van der Waals surface area contributed by atoms with E-state index in [-0.39, 0.29) is 5.75 Å². The maximum atomic E-state index is 12.6. The van der Waals surface area contributed by atoms with E-state index in [2.05, 4.69) is 15.2 Å². The maximum absolute atomic E-state index is 12.6. The monoisotopic (exact) mass is 423 g/mol. The number of hydrogen-bond acceptors (Lipinski definition) is 9. The highest BCUT2D eigenvalue weighted by molar-refractivity contribution is 7.85. The highest BCUT2D eigenvalue weighted by Crippen LogP contribution is 2.30. The van der Waals surface area contributed by atoms with Crippen LogP contribution < -0.4 is 9.08 Å². The Hall–Kier alpha value is -2.99. The third-order valence-corrected chi connectivity index (χ3v) is 4.96. The van der Waals surface area contributed by atoms with Crippen molar-refractivity contribution >= 4 is 38.6 Å². The van der Waals surface area contributed by atoms with Gasteiger partial charge in [-0.05, 0) is 45.0 Å². The van der Waals surface area contributed by atoms with Gasteiger partial charge in [-0.2, -0.15) is 8.42 Å². The Kier molecular flexibility index (Phi) is 5.34. The molecule has 1 amide bonds. The van der Waals surface area contributed by atoms with Gasteiger partial charge in [0.05, 0.1) is 5.69 Å². The average Bonchev–Trinajstić information content (AvgIpc) is 3.28. The molecule has 2 heterocycles. The number of nitrogens with zero attached hydrogens (tertiary/aromatic N) is 5. The molecule has 0 saturated heterocycles. The van der Waals surface area contributed by atoms with E-state index in [1.807, 2.05) is 0 Å². The van der Waals surface area contributed by atoms with Gasteiger partial charge in [-0.15, -0.1) is 10.2 Å². The lowest BCUT2D eigenvalue weighted by Crippen LogP contribution is -2.33. The van der Waals surface area contributed by atoms with E-state index in [9.17, 15) is 13.2 Å². The van der Waals surface area contributed by atoms with Gasteiger partial charge in [0.1, 0.15) is 23.2 Å². The second-order valence-corrected chi connectivity index (χ2v) is 8.72. The van der Waals surface area contributed by atoms with E-state index in [0.717, 1.165) is 21.6 Å².